The second-order valence-corrected chi connectivity index (χ2v) is 22.0. The highest BCUT2D eigenvalue weighted by atomic mass is 16.6. The van der Waals surface area contributed by atoms with Crippen molar-refractivity contribution in [3.8, 4) is 0 Å². The Morgan fingerprint density at radius 3 is 0.753 bits per heavy atom. The van der Waals surface area contributed by atoms with Crippen molar-refractivity contribution < 1.29 is 28.6 Å². The summed E-state index contributed by atoms with van der Waals surface area (Å²) in [5.41, 5.74) is 0. The van der Waals surface area contributed by atoms with Crippen molar-refractivity contribution in [2.75, 3.05) is 13.2 Å². The molecule has 0 radical (unpaired) electrons. The third-order valence-electron chi connectivity index (χ3n) is 14.1. The van der Waals surface area contributed by atoms with Gasteiger partial charge in [0.1, 0.15) is 13.2 Å². The van der Waals surface area contributed by atoms with E-state index in [2.05, 4.69) is 154 Å². The summed E-state index contributed by atoms with van der Waals surface area (Å²) in [7, 11) is 0. The number of hydrogen-bond acceptors (Lipinski definition) is 6. The zero-order valence-electron chi connectivity index (χ0n) is 52.8. The summed E-state index contributed by atoms with van der Waals surface area (Å²) in [6, 6.07) is 0. The molecule has 0 rings (SSSR count). The van der Waals surface area contributed by atoms with Crippen LogP contribution in [0.25, 0.3) is 0 Å². The van der Waals surface area contributed by atoms with Crippen LogP contribution in [0, 0.1) is 0 Å². The minimum Gasteiger partial charge on any atom is -0.462 e. The van der Waals surface area contributed by atoms with E-state index in [0.29, 0.717) is 19.3 Å². The molecule has 0 fully saturated rings. The van der Waals surface area contributed by atoms with E-state index < -0.39 is 6.10 Å². The summed E-state index contributed by atoms with van der Waals surface area (Å²) in [5.74, 6) is -0.914. The zero-order chi connectivity index (χ0) is 58.5. The van der Waals surface area contributed by atoms with Crippen molar-refractivity contribution in [1.82, 2.24) is 0 Å². The van der Waals surface area contributed by atoms with Crippen LogP contribution in [0.5, 0.6) is 0 Å². The molecule has 0 aliphatic carbocycles. The highest BCUT2D eigenvalue weighted by Crippen LogP contribution is 2.16. The lowest BCUT2D eigenvalue weighted by Crippen LogP contribution is -2.30. The molecule has 0 spiro atoms. The standard InChI is InChI=1S/C75H124O6/c1-4-7-10-13-16-19-22-25-27-29-31-32-33-34-35-36-37-38-39-40-41-42-44-45-47-50-53-56-59-62-65-68-74(77)80-71-72(70-79-73(76)67-64-61-58-55-52-49-24-21-18-15-12-9-6-3)81-75(78)69-66-63-60-57-54-51-48-46-43-30-28-26-23-20-17-14-11-8-5-2/h7-8,10-12,15-17,19-21,24-28,31-32,34-35,43,46,72H,4-6,9,13-14,18,22-23,29-30,33,36-42,44-45,47-71H2,1-3H3/b10-7-,11-8-,15-12-,19-16-,20-17-,24-21-,27-25-,28-26-,32-31-,35-34-,46-43-. The summed E-state index contributed by atoms with van der Waals surface area (Å²) in [5, 5.41) is 0. The fourth-order valence-corrected chi connectivity index (χ4v) is 9.15. The summed E-state index contributed by atoms with van der Waals surface area (Å²) in [4.78, 5) is 38.4. The third-order valence-corrected chi connectivity index (χ3v) is 14.1. The molecule has 0 aromatic carbocycles. The van der Waals surface area contributed by atoms with Crippen molar-refractivity contribution in [3.05, 3.63) is 134 Å². The van der Waals surface area contributed by atoms with Gasteiger partial charge in [-0.2, -0.15) is 0 Å². The molecule has 6 nitrogen and oxygen atoms in total. The Morgan fingerprint density at radius 1 is 0.259 bits per heavy atom. The van der Waals surface area contributed by atoms with Crippen LogP contribution in [-0.2, 0) is 28.6 Å². The Morgan fingerprint density at radius 2 is 0.481 bits per heavy atom. The second-order valence-electron chi connectivity index (χ2n) is 22.0. The number of unbranched alkanes of at least 4 members (excludes halogenated alkanes) is 27. The quantitative estimate of drug-likeness (QED) is 0.0261. The van der Waals surface area contributed by atoms with Gasteiger partial charge in [-0.25, -0.2) is 0 Å². The lowest BCUT2D eigenvalue weighted by molar-refractivity contribution is -0.167. The third kappa shape index (κ3) is 66.2. The molecule has 0 aromatic heterocycles. The van der Waals surface area contributed by atoms with Gasteiger partial charge in [-0.15, -0.1) is 0 Å². The fraction of sp³-hybridized carbons (Fsp3) is 0.667. The topological polar surface area (TPSA) is 78.9 Å². The number of carbonyl (C=O) groups is 3. The summed E-state index contributed by atoms with van der Waals surface area (Å²) in [6.45, 7) is 6.34. The van der Waals surface area contributed by atoms with Crippen molar-refractivity contribution in [3.63, 3.8) is 0 Å². The van der Waals surface area contributed by atoms with Gasteiger partial charge < -0.3 is 14.2 Å². The number of esters is 3. The van der Waals surface area contributed by atoms with Crippen molar-refractivity contribution in [1.29, 1.82) is 0 Å². The van der Waals surface area contributed by atoms with Gasteiger partial charge in [-0.05, 0) is 128 Å². The molecular weight excluding hydrogens is 997 g/mol. The maximum absolute atomic E-state index is 12.9. The van der Waals surface area contributed by atoms with E-state index in [4.69, 9.17) is 14.2 Å². The number of ether oxygens (including phenoxy) is 3. The molecule has 0 aliphatic rings. The van der Waals surface area contributed by atoms with Crippen LogP contribution in [0.3, 0.4) is 0 Å². The van der Waals surface area contributed by atoms with E-state index in [1.165, 1.54) is 103 Å². The molecular formula is C75H124O6. The normalized spacial score (nSPS) is 13.0. The second kappa shape index (κ2) is 68.1. The molecule has 0 amide bonds. The molecule has 0 bridgehead atoms. The van der Waals surface area contributed by atoms with E-state index in [-0.39, 0.29) is 31.1 Å². The first-order valence-electron chi connectivity index (χ1n) is 33.7. The monoisotopic (exact) mass is 1120 g/mol. The average molecular weight is 1120 g/mol. The van der Waals surface area contributed by atoms with Crippen LogP contribution in [-0.4, -0.2) is 37.2 Å². The molecule has 0 saturated carbocycles. The molecule has 0 N–H and O–H groups in total. The van der Waals surface area contributed by atoms with Crippen molar-refractivity contribution >= 4 is 17.9 Å². The molecule has 0 heterocycles. The Balaban J connectivity index is 4.27. The van der Waals surface area contributed by atoms with Crippen molar-refractivity contribution in [2.45, 2.75) is 309 Å². The Bertz CT molecular complexity index is 1720. The van der Waals surface area contributed by atoms with Crippen LogP contribution in [0.1, 0.15) is 303 Å². The summed E-state index contributed by atoms with van der Waals surface area (Å²) >= 11 is 0. The summed E-state index contributed by atoms with van der Waals surface area (Å²) in [6.07, 6.45) is 96.1. The molecule has 0 aliphatic heterocycles. The van der Waals surface area contributed by atoms with Gasteiger partial charge in [0.15, 0.2) is 6.10 Å². The van der Waals surface area contributed by atoms with Gasteiger partial charge in [0.25, 0.3) is 0 Å². The molecule has 0 saturated heterocycles. The SMILES string of the molecule is CC/C=C\C/C=C\C/C=C\C/C=C\C/C=C\CCCCCCCCCCCCCCCCCC(=O)OCC(COC(=O)CCCCCCC/C=C\C/C=C\CCC)OC(=O)CCCCCCCC/C=C\C/C=C\C/C=C\C/C=C\CC. The van der Waals surface area contributed by atoms with Crippen LogP contribution in [0.15, 0.2) is 134 Å². The Kier molecular flexibility index (Phi) is 64.3. The van der Waals surface area contributed by atoms with Gasteiger partial charge in [0.05, 0.1) is 0 Å². The number of allylic oxidation sites excluding steroid dienone is 22. The van der Waals surface area contributed by atoms with Gasteiger partial charge in [-0.1, -0.05) is 289 Å². The van der Waals surface area contributed by atoms with Crippen LogP contribution in [0.2, 0.25) is 0 Å². The van der Waals surface area contributed by atoms with Crippen molar-refractivity contribution in [2.24, 2.45) is 0 Å². The van der Waals surface area contributed by atoms with Gasteiger partial charge in [0.2, 0.25) is 0 Å². The van der Waals surface area contributed by atoms with Gasteiger partial charge in [-0.3, -0.25) is 14.4 Å². The Hall–Kier alpha value is -4.45. The minimum atomic E-state index is -0.796. The number of rotatable bonds is 60. The van der Waals surface area contributed by atoms with Crippen LogP contribution < -0.4 is 0 Å². The molecule has 81 heavy (non-hydrogen) atoms. The first-order valence-corrected chi connectivity index (χ1v) is 33.7. The Labute approximate surface area is 500 Å². The van der Waals surface area contributed by atoms with E-state index in [9.17, 15) is 14.4 Å². The smallest absolute Gasteiger partial charge is 0.306 e. The number of carbonyl (C=O) groups excluding carboxylic acids is 3. The highest BCUT2D eigenvalue weighted by molar-refractivity contribution is 5.71. The predicted octanol–water partition coefficient (Wildman–Crippen LogP) is 23.3. The van der Waals surface area contributed by atoms with Crippen LogP contribution >= 0.6 is 0 Å². The van der Waals surface area contributed by atoms with E-state index >= 15 is 0 Å². The van der Waals surface area contributed by atoms with E-state index in [1.807, 2.05) is 0 Å². The molecule has 1 atom stereocenters. The van der Waals surface area contributed by atoms with Gasteiger partial charge >= 0.3 is 17.9 Å². The lowest BCUT2D eigenvalue weighted by Gasteiger charge is -2.18. The van der Waals surface area contributed by atoms with Gasteiger partial charge in [0, 0.05) is 19.3 Å². The maximum atomic E-state index is 12.9. The van der Waals surface area contributed by atoms with E-state index in [0.717, 1.165) is 161 Å². The minimum absolute atomic E-state index is 0.0902. The summed E-state index contributed by atoms with van der Waals surface area (Å²) < 4.78 is 16.9. The molecule has 0 aromatic rings. The zero-order valence-corrected chi connectivity index (χ0v) is 52.8. The lowest BCUT2D eigenvalue weighted by atomic mass is 10.0. The number of hydrogen-bond donors (Lipinski definition) is 0. The largest absolute Gasteiger partial charge is 0.462 e. The first kappa shape index (κ1) is 76.5. The molecule has 6 heteroatoms. The average Bonchev–Trinajstić information content (AvgIpc) is 3.46. The highest BCUT2D eigenvalue weighted by Gasteiger charge is 2.19. The molecule has 460 valence electrons. The maximum Gasteiger partial charge on any atom is 0.306 e. The fourth-order valence-electron chi connectivity index (χ4n) is 9.15. The molecule has 1 unspecified atom stereocenters. The van der Waals surface area contributed by atoms with E-state index in [1.54, 1.807) is 0 Å². The first-order chi connectivity index (χ1) is 40.0. The van der Waals surface area contributed by atoms with Crippen LogP contribution in [0.4, 0.5) is 0 Å². The predicted molar refractivity (Wildman–Crippen MR) is 353 cm³/mol.